The molecular formula is C44H41Cl2FN8O. The molecule has 1 N–H and O–H groups in total. The Morgan fingerprint density at radius 2 is 1.89 bits per heavy atom. The van der Waals surface area contributed by atoms with Crippen LogP contribution in [0.3, 0.4) is 0 Å². The summed E-state index contributed by atoms with van der Waals surface area (Å²) in [7, 11) is 0. The van der Waals surface area contributed by atoms with Crippen molar-refractivity contribution in [3.63, 3.8) is 0 Å². The molecule has 1 amide bonds. The van der Waals surface area contributed by atoms with E-state index >= 15 is 4.39 Å². The van der Waals surface area contributed by atoms with Gasteiger partial charge in [-0.25, -0.2) is 14.1 Å². The highest BCUT2D eigenvalue weighted by Gasteiger charge is 2.51. The van der Waals surface area contributed by atoms with Crippen LogP contribution in [0.25, 0.3) is 44.2 Å². The van der Waals surface area contributed by atoms with Crippen molar-refractivity contribution >= 4 is 50.9 Å². The first-order valence-electron chi connectivity index (χ1n) is 19.8. The molecule has 3 aromatic carbocycles. The van der Waals surface area contributed by atoms with E-state index in [0.29, 0.717) is 58.1 Å². The standard InChI is InChI=1S/C44H41Cl2FN8O/c1-3-33-42(24-9-5-4-6-10-24)55(52-51-33)28-19-35(53(22-28)44(56)25-14-15-25)36-20-30-23(2)50-40-31(43(30)54(36)41-27-18-34(41)49-21-27)17-26(11-8-16-48)37(39(40)47)29-12-7-13-32(45)38(29)46/h4-7,9-10,12-13,17,20,25,27-28,34-35,41,49H,3,8,11,14-15,18-19,21-22H2,1-2H3/t27-,28+,34-,35-,41+/m1/s1. The SMILES string of the molecule is CCc1nnn([C@H]2C[C@H](c3cc4c(C)nc5c(F)c(-c6cccc(Cl)c6Cl)c(CCC#N)cc5c4n3[C@H]3[C@H]4CN[C@@H]3C4)N(C(=O)C3CC3)C2)c1-c1ccccc1. The molecule has 0 radical (unpaired) electrons. The Kier molecular flexibility index (Phi) is 8.69. The van der Waals surface area contributed by atoms with Gasteiger partial charge >= 0.3 is 0 Å². The minimum absolute atomic E-state index is 0.0314. The number of amides is 1. The predicted molar refractivity (Wildman–Crippen MR) is 216 cm³/mol. The van der Waals surface area contributed by atoms with Crippen molar-refractivity contribution in [2.45, 2.75) is 83.0 Å². The third kappa shape index (κ3) is 5.49. The zero-order chi connectivity index (χ0) is 38.4. The fourth-order valence-electron chi connectivity index (χ4n) is 9.89. The van der Waals surface area contributed by atoms with Gasteiger partial charge in [0.15, 0.2) is 5.82 Å². The lowest BCUT2D eigenvalue weighted by atomic mass is 9.79. The zero-order valence-electron chi connectivity index (χ0n) is 31.3. The summed E-state index contributed by atoms with van der Waals surface area (Å²) in [5.74, 6) is 0.145. The number of nitrogens with one attached hydrogen (secondary N) is 1. The number of hydrogen-bond donors (Lipinski definition) is 1. The molecule has 6 heterocycles. The minimum Gasteiger partial charge on any atom is -0.337 e. The molecule has 3 aromatic heterocycles. The van der Waals surface area contributed by atoms with Crippen LogP contribution in [0.4, 0.5) is 4.39 Å². The van der Waals surface area contributed by atoms with Gasteiger partial charge in [-0.15, -0.1) is 5.10 Å². The molecule has 3 saturated heterocycles. The van der Waals surface area contributed by atoms with Crippen LogP contribution in [0, 0.1) is 35.9 Å². The summed E-state index contributed by atoms with van der Waals surface area (Å²) in [5, 5.41) is 25.0. The van der Waals surface area contributed by atoms with Crippen LogP contribution in [-0.2, 0) is 17.6 Å². The molecule has 12 heteroatoms. The highest BCUT2D eigenvalue weighted by atomic mass is 35.5. The predicted octanol–water partition coefficient (Wildman–Crippen LogP) is 9.35. The molecule has 2 saturated carbocycles. The molecule has 3 aliphatic heterocycles. The summed E-state index contributed by atoms with van der Waals surface area (Å²) < 4.78 is 21.8. The summed E-state index contributed by atoms with van der Waals surface area (Å²) in [6.07, 6.45) is 4.83. The van der Waals surface area contributed by atoms with E-state index in [1.807, 2.05) is 31.2 Å². The molecule has 5 fully saturated rings. The Labute approximate surface area is 334 Å². The Hall–Kier alpha value is -4.82. The molecule has 0 spiro atoms. The van der Waals surface area contributed by atoms with Gasteiger partial charge in [-0.05, 0) is 75.1 Å². The van der Waals surface area contributed by atoms with Crippen molar-refractivity contribution in [3.05, 3.63) is 99.2 Å². The molecular weight excluding hydrogens is 746 g/mol. The first kappa shape index (κ1) is 35.6. The summed E-state index contributed by atoms with van der Waals surface area (Å²) >= 11 is 13.2. The monoisotopic (exact) mass is 786 g/mol. The van der Waals surface area contributed by atoms with Crippen molar-refractivity contribution in [1.82, 2.24) is 34.8 Å². The fourth-order valence-corrected chi connectivity index (χ4v) is 10.3. The van der Waals surface area contributed by atoms with Crippen molar-refractivity contribution < 1.29 is 9.18 Å². The maximum Gasteiger partial charge on any atom is 0.226 e. The number of fused-ring (bicyclic) bond motifs is 4. The number of benzene rings is 3. The lowest BCUT2D eigenvalue weighted by Gasteiger charge is -2.39. The van der Waals surface area contributed by atoms with Gasteiger partial charge in [0, 0.05) is 70.3 Å². The number of hydrogen-bond acceptors (Lipinski definition) is 6. The lowest BCUT2D eigenvalue weighted by molar-refractivity contribution is -0.133. The third-order valence-corrected chi connectivity index (χ3v) is 13.6. The normalized spacial score (nSPS) is 22.9. The van der Waals surface area contributed by atoms with E-state index in [2.05, 4.69) is 55.8 Å². The first-order valence-corrected chi connectivity index (χ1v) is 20.5. The van der Waals surface area contributed by atoms with Gasteiger partial charge in [0.2, 0.25) is 5.91 Å². The number of aromatic nitrogens is 5. The highest BCUT2D eigenvalue weighted by Crippen LogP contribution is 2.52. The van der Waals surface area contributed by atoms with E-state index in [4.69, 9.17) is 33.4 Å². The topological polar surface area (TPSA) is 105 Å². The number of nitrogens with zero attached hydrogens (tertiary/aromatic N) is 7. The Morgan fingerprint density at radius 3 is 2.61 bits per heavy atom. The Morgan fingerprint density at radius 1 is 1.07 bits per heavy atom. The number of aryl methyl sites for hydroxylation is 3. The molecule has 2 aliphatic carbocycles. The van der Waals surface area contributed by atoms with Gasteiger partial charge in [0.25, 0.3) is 0 Å². The molecule has 11 rings (SSSR count). The zero-order valence-corrected chi connectivity index (χ0v) is 32.8. The smallest absolute Gasteiger partial charge is 0.226 e. The van der Waals surface area contributed by atoms with Crippen LogP contribution in [0.2, 0.25) is 10.0 Å². The largest absolute Gasteiger partial charge is 0.337 e. The molecule has 6 aromatic rings. The molecule has 9 nitrogen and oxygen atoms in total. The second-order valence-corrected chi connectivity index (χ2v) is 16.8. The molecule has 5 atom stereocenters. The summed E-state index contributed by atoms with van der Waals surface area (Å²) in [4.78, 5) is 21.4. The molecule has 56 heavy (non-hydrogen) atoms. The van der Waals surface area contributed by atoms with Gasteiger partial charge in [-0.2, -0.15) is 5.26 Å². The number of nitriles is 1. The van der Waals surface area contributed by atoms with E-state index in [1.165, 1.54) is 0 Å². The molecule has 284 valence electrons. The van der Waals surface area contributed by atoms with Crippen molar-refractivity contribution in [1.29, 1.82) is 5.26 Å². The summed E-state index contributed by atoms with van der Waals surface area (Å²) in [6.45, 7) is 5.48. The quantitative estimate of drug-likeness (QED) is 0.157. The van der Waals surface area contributed by atoms with Crippen LogP contribution in [0.15, 0.2) is 60.7 Å². The number of carbonyl (C=O) groups is 1. The van der Waals surface area contributed by atoms with Gasteiger partial charge in [0.05, 0.1) is 51.1 Å². The molecule has 2 bridgehead atoms. The average Bonchev–Trinajstić information content (AvgIpc) is 3.65. The highest BCUT2D eigenvalue weighted by molar-refractivity contribution is 6.43. The van der Waals surface area contributed by atoms with Crippen molar-refractivity contribution in [2.75, 3.05) is 13.1 Å². The maximum atomic E-state index is 17.3. The molecule has 0 unspecified atom stereocenters. The average molecular weight is 788 g/mol. The minimum atomic E-state index is -0.480. The summed E-state index contributed by atoms with van der Waals surface area (Å²) in [6, 6.07) is 22.0. The number of carbonyl (C=O) groups excluding carboxylic acids is 1. The summed E-state index contributed by atoms with van der Waals surface area (Å²) in [5.41, 5.74) is 7.41. The van der Waals surface area contributed by atoms with Crippen molar-refractivity contribution in [2.24, 2.45) is 11.8 Å². The van der Waals surface area contributed by atoms with Gasteiger partial charge in [-0.3, -0.25) is 4.79 Å². The van der Waals surface area contributed by atoms with E-state index in [1.54, 1.807) is 18.2 Å². The van der Waals surface area contributed by atoms with E-state index < -0.39 is 5.82 Å². The second kappa shape index (κ2) is 13.7. The maximum absolute atomic E-state index is 17.3. The van der Waals surface area contributed by atoms with E-state index in [9.17, 15) is 10.1 Å². The van der Waals surface area contributed by atoms with E-state index in [-0.39, 0.29) is 53.0 Å². The van der Waals surface area contributed by atoms with Gasteiger partial charge < -0.3 is 14.8 Å². The van der Waals surface area contributed by atoms with Crippen LogP contribution in [0.1, 0.15) is 79.8 Å². The fraction of sp³-hybridized carbons (Fsp3) is 0.386. The van der Waals surface area contributed by atoms with Crippen LogP contribution < -0.4 is 5.32 Å². The van der Waals surface area contributed by atoms with Crippen molar-refractivity contribution in [3.8, 4) is 28.5 Å². The number of likely N-dealkylation sites (tertiary alicyclic amines) is 1. The van der Waals surface area contributed by atoms with E-state index in [0.717, 1.165) is 65.8 Å². The van der Waals surface area contributed by atoms with Gasteiger partial charge in [0.1, 0.15) is 5.52 Å². The first-order chi connectivity index (χ1) is 27.3. The Bertz CT molecular complexity index is 2600. The number of pyridine rings is 1. The van der Waals surface area contributed by atoms with Crippen LogP contribution in [0.5, 0.6) is 0 Å². The lowest BCUT2D eigenvalue weighted by Crippen LogP contribution is -2.41. The molecule has 5 aliphatic rings. The van der Waals surface area contributed by atoms with Gasteiger partial charge in [-0.1, -0.05) is 77.8 Å². The van der Waals surface area contributed by atoms with Crippen LogP contribution in [-0.4, -0.2) is 54.5 Å². The van der Waals surface area contributed by atoms with Crippen LogP contribution >= 0.6 is 23.2 Å². The Balaban J connectivity index is 1.19. The second-order valence-electron chi connectivity index (χ2n) is 16.0. The number of halogens is 3. The number of rotatable bonds is 9. The third-order valence-electron chi connectivity index (χ3n) is 12.8.